The van der Waals surface area contributed by atoms with E-state index in [0.29, 0.717) is 10.7 Å². The number of nitrogens with zero attached hydrogens (tertiary/aromatic N) is 1. The molecule has 0 fully saturated rings. The highest BCUT2D eigenvalue weighted by atomic mass is 35.5. The second kappa shape index (κ2) is 7.90. The summed E-state index contributed by atoms with van der Waals surface area (Å²) < 4.78 is 5.17. The predicted molar refractivity (Wildman–Crippen MR) is 100 cm³/mol. The lowest BCUT2D eigenvalue weighted by molar-refractivity contribution is -0.123. The Balaban J connectivity index is 1.98. The molecule has 6 nitrogen and oxygen atoms in total. The molecule has 0 saturated heterocycles. The summed E-state index contributed by atoms with van der Waals surface area (Å²) in [7, 11) is 3.86. The predicted octanol–water partition coefficient (Wildman–Crippen LogP) is 3.17. The van der Waals surface area contributed by atoms with Gasteiger partial charge in [-0.05, 0) is 49.4 Å². The van der Waals surface area contributed by atoms with E-state index >= 15 is 0 Å². The Morgan fingerprint density at radius 2 is 1.80 bits per heavy atom. The van der Waals surface area contributed by atoms with E-state index in [4.69, 9.17) is 22.1 Å². The van der Waals surface area contributed by atoms with Gasteiger partial charge in [-0.15, -0.1) is 0 Å². The van der Waals surface area contributed by atoms with Crippen molar-refractivity contribution in [2.75, 3.05) is 30.0 Å². The number of ether oxygens (including phenoxy) is 1. The average molecular weight is 362 g/mol. The molecule has 3 N–H and O–H groups in total. The number of amides is 1. The van der Waals surface area contributed by atoms with Gasteiger partial charge < -0.3 is 20.7 Å². The molecule has 132 valence electrons. The second-order valence-electron chi connectivity index (χ2n) is 5.71. The summed E-state index contributed by atoms with van der Waals surface area (Å²) in [4.78, 5) is 26.3. The number of nitrogen functional groups attached to an aromatic ring is 1. The SMILES string of the molecule is C[C@H](OC(=O)c1ccc(Cl)cc1N)C(=O)Nc1ccc(N(C)C)cc1. The molecular formula is C18H20ClN3O3. The van der Waals surface area contributed by atoms with Crippen molar-refractivity contribution < 1.29 is 14.3 Å². The molecule has 2 rings (SSSR count). The van der Waals surface area contributed by atoms with Crippen molar-refractivity contribution in [3.63, 3.8) is 0 Å². The van der Waals surface area contributed by atoms with E-state index in [-0.39, 0.29) is 11.3 Å². The van der Waals surface area contributed by atoms with Gasteiger partial charge in [-0.25, -0.2) is 4.79 Å². The first kappa shape index (κ1) is 18.6. The highest BCUT2D eigenvalue weighted by molar-refractivity contribution is 6.31. The molecule has 0 aliphatic carbocycles. The highest BCUT2D eigenvalue weighted by Gasteiger charge is 2.20. The van der Waals surface area contributed by atoms with Crippen molar-refractivity contribution in [3.05, 3.63) is 53.1 Å². The van der Waals surface area contributed by atoms with Crippen LogP contribution in [0.25, 0.3) is 0 Å². The van der Waals surface area contributed by atoms with Gasteiger partial charge in [0.25, 0.3) is 5.91 Å². The number of nitrogens with two attached hydrogens (primary N) is 1. The van der Waals surface area contributed by atoms with E-state index in [1.54, 1.807) is 12.1 Å². The Bertz CT molecular complexity index is 776. The van der Waals surface area contributed by atoms with Crippen LogP contribution < -0.4 is 16.0 Å². The van der Waals surface area contributed by atoms with Crippen LogP contribution in [0.3, 0.4) is 0 Å². The summed E-state index contributed by atoms with van der Waals surface area (Å²) >= 11 is 5.80. The number of rotatable bonds is 5. The normalized spacial score (nSPS) is 11.5. The molecule has 0 saturated carbocycles. The maximum atomic E-state index is 12.2. The van der Waals surface area contributed by atoms with Crippen molar-refractivity contribution >= 4 is 40.5 Å². The number of nitrogens with one attached hydrogen (secondary N) is 1. The number of esters is 1. The Morgan fingerprint density at radius 1 is 1.16 bits per heavy atom. The lowest BCUT2D eigenvalue weighted by atomic mass is 10.2. The first-order valence-corrected chi connectivity index (χ1v) is 8.00. The summed E-state index contributed by atoms with van der Waals surface area (Å²) in [5.74, 6) is -1.11. The Hall–Kier alpha value is -2.73. The molecule has 0 aliphatic heterocycles. The van der Waals surface area contributed by atoms with Crippen molar-refractivity contribution in [3.8, 4) is 0 Å². The highest BCUT2D eigenvalue weighted by Crippen LogP contribution is 2.20. The zero-order valence-corrected chi connectivity index (χ0v) is 15.0. The van der Waals surface area contributed by atoms with Crippen LogP contribution in [0, 0.1) is 0 Å². The minimum Gasteiger partial charge on any atom is -0.449 e. The largest absolute Gasteiger partial charge is 0.449 e. The number of anilines is 3. The Labute approximate surface area is 151 Å². The topological polar surface area (TPSA) is 84.7 Å². The van der Waals surface area contributed by atoms with E-state index < -0.39 is 18.0 Å². The van der Waals surface area contributed by atoms with Crippen molar-refractivity contribution in [2.24, 2.45) is 0 Å². The van der Waals surface area contributed by atoms with Gasteiger partial charge in [-0.3, -0.25) is 4.79 Å². The van der Waals surface area contributed by atoms with E-state index in [1.165, 1.54) is 25.1 Å². The molecule has 0 radical (unpaired) electrons. The molecule has 0 aliphatic rings. The van der Waals surface area contributed by atoms with Crippen LogP contribution in [0.15, 0.2) is 42.5 Å². The fourth-order valence-corrected chi connectivity index (χ4v) is 2.26. The van der Waals surface area contributed by atoms with Gasteiger partial charge in [0.05, 0.1) is 5.56 Å². The van der Waals surface area contributed by atoms with E-state index in [0.717, 1.165) is 5.69 Å². The molecule has 25 heavy (non-hydrogen) atoms. The minimum atomic E-state index is -0.976. The average Bonchev–Trinajstić information content (AvgIpc) is 2.55. The number of hydrogen-bond acceptors (Lipinski definition) is 5. The third-order valence-electron chi connectivity index (χ3n) is 3.54. The molecule has 1 amide bonds. The number of carbonyl (C=O) groups excluding carboxylic acids is 2. The minimum absolute atomic E-state index is 0.166. The number of benzene rings is 2. The summed E-state index contributed by atoms with van der Waals surface area (Å²) in [6.07, 6.45) is -0.976. The lowest BCUT2D eigenvalue weighted by Crippen LogP contribution is -2.30. The summed E-state index contributed by atoms with van der Waals surface area (Å²) in [5.41, 5.74) is 7.74. The van der Waals surface area contributed by atoms with Crippen molar-refractivity contribution in [1.29, 1.82) is 0 Å². The quantitative estimate of drug-likeness (QED) is 0.631. The van der Waals surface area contributed by atoms with Crippen LogP contribution in [-0.2, 0) is 9.53 Å². The first-order valence-electron chi connectivity index (χ1n) is 7.62. The standard InChI is InChI=1S/C18H20ClN3O3/c1-11(25-18(24)15-9-4-12(19)10-16(15)20)17(23)21-13-5-7-14(8-6-13)22(2)3/h4-11H,20H2,1-3H3,(H,21,23)/t11-/m0/s1. The molecular weight excluding hydrogens is 342 g/mol. The van der Waals surface area contributed by atoms with Gasteiger partial charge in [-0.2, -0.15) is 0 Å². The van der Waals surface area contributed by atoms with Gasteiger partial charge in [0.15, 0.2) is 6.10 Å². The van der Waals surface area contributed by atoms with Crippen LogP contribution >= 0.6 is 11.6 Å². The number of hydrogen-bond donors (Lipinski definition) is 2. The molecule has 0 unspecified atom stereocenters. The maximum Gasteiger partial charge on any atom is 0.341 e. The van der Waals surface area contributed by atoms with Gasteiger partial charge in [-0.1, -0.05) is 11.6 Å². The molecule has 2 aromatic rings. The Morgan fingerprint density at radius 3 is 2.36 bits per heavy atom. The molecule has 1 atom stereocenters. The van der Waals surface area contributed by atoms with E-state index in [9.17, 15) is 9.59 Å². The van der Waals surface area contributed by atoms with Gasteiger partial charge >= 0.3 is 5.97 Å². The molecule has 0 heterocycles. The number of halogens is 1. The third kappa shape index (κ3) is 4.87. The van der Waals surface area contributed by atoms with Crippen LogP contribution in [-0.4, -0.2) is 32.1 Å². The monoisotopic (exact) mass is 361 g/mol. The molecule has 0 spiro atoms. The molecule has 0 aromatic heterocycles. The van der Waals surface area contributed by atoms with Crippen molar-refractivity contribution in [2.45, 2.75) is 13.0 Å². The van der Waals surface area contributed by atoms with Crippen LogP contribution in [0.4, 0.5) is 17.1 Å². The fraction of sp³-hybridized carbons (Fsp3) is 0.222. The van der Waals surface area contributed by atoms with Gasteiger partial charge in [0.1, 0.15) is 0 Å². The fourth-order valence-electron chi connectivity index (χ4n) is 2.08. The van der Waals surface area contributed by atoms with E-state index in [1.807, 2.05) is 31.1 Å². The van der Waals surface area contributed by atoms with Crippen LogP contribution in [0.2, 0.25) is 5.02 Å². The lowest BCUT2D eigenvalue weighted by Gasteiger charge is -2.16. The summed E-state index contributed by atoms with van der Waals surface area (Å²) in [5, 5.41) is 3.12. The molecule has 7 heteroatoms. The zero-order valence-electron chi connectivity index (χ0n) is 14.2. The van der Waals surface area contributed by atoms with Crippen molar-refractivity contribution in [1.82, 2.24) is 0 Å². The summed E-state index contributed by atoms with van der Waals surface area (Å²) in [6.45, 7) is 1.49. The van der Waals surface area contributed by atoms with Crippen LogP contribution in [0.5, 0.6) is 0 Å². The van der Waals surface area contributed by atoms with Crippen LogP contribution in [0.1, 0.15) is 17.3 Å². The molecule has 2 aromatic carbocycles. The Kier molecular flexibility index (Phi) is 5.88. The maximum absolute atomic E-state index is 12.2. The smallest absolute Gasteiger partial charge is 0.341 e. The van der Waals surface area contributed by atoms with Gasteiger partial charge in [0.2, 0.25) is 0 Å². The molecule has 0 bridgehead atoms. The number of carbonyl (C=O) groups is 2. The summed E-state index contributed by atoms with van der Waals surface area (Å²) in [6, 6.07) is 11.8. The van der Waals surface area contributed by atoms with E-state index in [2.05, 4.69) is 5.32 Å². The third-order valence-corrected chi connectivity index (χ3v) is 3.77. The zero-order chi connectivity index (χ0) is 18.6. The first-order chi connectivity index (χ1) is 11.8. The second-order valence-corrected chi connectivity index (χ2v) is 6.15. The van der Waals surface area contributed by atoms with Gasteiger partial charge in [0, 0.05) is 36.2 Å².